The molecule has 1 aliphatic heterocycles. The Kier molecular flexibility index (Phi) is 3.44. The van der Waals surface area contributed by atoms with Gasteiger partial charge in [0.1, 0.15) is 6.10 Å². The molecule has 4 rings (SSSR count). The summed E-state index contributed by atoms with van der Waals surface area (Å²) in [4.78, 5) is 3.26. The molecule has 0 bridgehead atoms. The predicted molar refractivity (Wildman–Crippen MR) is 85.4 cm³/mol. The van der Waals surface area contributed by atoms with Crippen LogP contribution in [0.15, 0.2) is 42.7 Å². The first kappa shape index (κ1) is 13.5. The van der Waals surface area contributed by atoms with E-state index in [2.05, 4.69) is 39.7 Å². The van der Waals surface area contributed by atoms with E-state index in [-0.39, 0.29) is 6.10 Å². The lowest BCUT2D eigenvalue weighted by molar-refractivity contribution is 0.0919. The van der Waals surface area contributed by atoms with Crippen LogP contribution in [0.4, 0.5) is 0 Å². The lowest BCUT2D eigenvalue weighted by Crippen LogP contribution is -2.32. The molecular formula is C17H20N4O. The molecule has 3 aromatic rings. The molecule has 0 spiro atoms. The molecule has 3 heterocycles. The van der Waals surface area contributed by atoms with E-state index in [9.17, 15) is 0 Å². The van der Waals surface area contributed by atoms with Crippen molar-refractivity contribution in [3.8, 4) is 0 Å². The van der Waals surface area contributed by atoms with E-state index in [0.717, 1.165) is 25.3 Å². The number of hydrogen-bond acceptors (Lipinski definition) is 3. The quantitative estimate of drug-likeness (QED) is 0.778. The van der Waals surface area contributed by atoms with Crippen molar-refractivity contribution in [2.24, 2.45) is 7.05 Å². The van der Waals surface area contributed by atoms with Crippen molar-refractivity contribution in [2.45, 2.75) is 25.1 Å². The molecule has 2 aromatic heterocycles. The summed E-state index contributed by atoms with van der Waals surface area (Å²) in [5.74, 6) is 0. The number of ether oxygens (including phenoxy) is 1. The van der Waals surface area contributed by atoms with Crippen LogP contribution in [-0.2, 0) is 18.3 Å². The predicted octanol–water partition coefficient (Wildman–Crippen LogP) is 2.52. The SMILES string of the molecule is Cn1nccc1[C@H]1OCC[C@@H]1NCc1cccc2[nH]ccc12. The van der Waals surface area contributed by atoms with E-state index < -0.39 is 0 Å². The van der Waals surface area contributed by atoms with Gasteiger partial charge in [-0.25, -0.2) is 0 Å². The number of rotatable bonds is 4. The number of aryl methyl sites for hydroxylation is 1. The number of fused-ring (bicyclic) bond motifs is 1. The van der Waals surface area contributed by atoms with Gasteiger partial charge in [0.15, 0.2) is 0 Å². The Labute approximate surface area is 129 Å². The number of aromatic nitrogens is 3. The molecular weight excluding hydrogens is 276 g/mol. The molecule has 0 radical (unpaired) electrons. The highest BCUT2D eigenvalue weighted by atomic mass is 16.5. The first-order chi connectivity index (χ1) is 10.8. The zero-order valence-electron chi connectivity index (χ0n) is 12.6. The van der Waals surface area contributed by atoms with Gasteiger partial charge in [-0.15, -0.1) is 0 Å². The van der Waals surface area contributed by atoms with Gasteiger partial charge >= 0.3 is 0 Å². The van der Waals surface area contributed by atoms with Gasteiger partial charge in [0.25, 0.3) is 0 Å². The van der Waals surface area contributed by atoms with E-state index in [0.29, 0.717) is 6.04 Å². The molecule has 1 saturated heterocycles. The minimum Gasteiger partial charge on any atom is -0.370 e. The van der Waals surface area contributed by atoms with Crippen LogP contribution >= 0.6 is 0 Å². The molecule has 0 saturated carbocycles. The van der Waals surface area contributed by atoms with Crippen molar-refractivity contribution in [1.82, 2.24) is 20.1 Å². The van der Waals surface area contributed by atoms with Gasteiger partial charge in [0.05, 0.1) is 5.69 Å². The third kappa shape index (κ3) is 2.32. The fourth-order valence-electron chi connectivity index (χ4n) is 3.30. The number of nitrogens with one attached hydrogen (secondary N) is 2. The third-order valence-electron chi connectivity index (χ3n) is 4.48. The normalized spacial score (nSPS) is 21.7. The summed E-state index contributed by atoms with van der Waals surface area (Å²) in [5.41, 5.74) is 3.63. The molecule has 2 atom stereocenters. The Hall–Kier alpha value is -2.11. The molecule has 22 heavy (non-hydrogen) atoms. The summed E-state index contributed by atoms with van der Waals surface area (Å²) >= 11 is 0. The second-order valence-corrected chi connectivity index (χ2v) is 5.80. The molecule has 0 unspecified atom stereocenters. The highest BCUT2D eigenvalue weighted by Crippen LogP contribution is 2.29. The van der Waals surface area contributed by atoms with Crippen molar-refractivity contribution >= 4 is 10.9 Å². The summed E-state index contributed by atoms with van der Waals surface area (Å²) in [6.07, 6.45) is 4.93. The van der Waals surface area contributed by atoms with Crippen molar-refractivity contribution in [2.75, 3.05) is 6.61 Å². The molecule has 5 nitrogen and oxygen atoms in total. The standard InChI is InChI=1S/C17H20N4O/c1-21-16(6-9-20-21)17-15(7-10-22-17)19-11-12-3-2-4-14-13(12)5-8-18-14/h2-6,8-9,15,17-19H,7,10-11H2,1H3/t15-,17-/m0/s1. The smallest absolute Gasteiger partial charge is 0.114 e. The zero-order valence-corrected chi connectivity index (χ0v) is 12.6. The number of benzene rings is 1. The topological polar surface area (TPSA) is 54.9 Å². The van der Waals surface area contributed by atoms with Gasteiger partial charge in [-0.3, -0.25) is 4.68 Å². The maximum Gasteiger partial charge on any atom is 0.114 e. The second-order valence-electron chi connectivity index (χ2n) is 5.80. The summed E-state index contributed by atoms with van der Waals surface area (Å²) in [7, 11) is 1.97. The van der Waals surface area contributed by atoms with Crippen LogP contribution < -0.4 is 5.32 Å². The van der Waals surface area contributed by atoms with Gasteiger partial charge in [0.2, 0.25) is 0 Å². The molecule has 1 aromatic carbocycles. The summed E-state index contributed by atoms with van der Waals surface area (Å²) in [6, 6.07) is 10.9. The third-order valence-corrected chi connectivity index (χ3v) is 4.48. The number of hydrogen-bond donors (Lipinski definition) is 2. The number of nitrogens with zero attached hydrogens (tertiary/aromatic N) is 2. The van der Waals surface area contributed by atoms with Gasteiger partial charge < -0.3 is 15.0 Å². The molecule has 1 aliphatic rings. The highest BCUT2D eigenvalue weighted by Gasteiger charge is 2.31. The fourth-order valence-corrected chi connectivity index (χ4v) is 3.30. The molecule has 0 aliphatic carbocycles. The Bertz CT molecular complexity index is 776. The van der Waals surface area contributed by atoms with E-state index in [1.165, 1.54) is 16.5 Å². The van der Waals surface area contributed by atoms with Crippen LogP contribution in [0.2, 0.25) is 0 Å². The molecule has 5 heteroatoms. The Morgan fingerprint density at radius 3 is 3.18 bits per heavy atom. The number of aromatic amines is 1. The van der Waals surface area contributed by atoms with Crippen LogP contribution in [0.25, 0.3) is 10.9 Å². The maximum atomic E-state index is 5.92. The van der Waals surface area contributed by atoms with E-state index in [4.69, 9.17) is 4.74 Å². The van der Waals surface area contributed by atoms with Crippen molar-refractivity contribution in [3.05, 3.63) is 54.0 Å². The van der Waals surface area contributed by atoms with Crippen LogP contribution in [0.3, 0.4) is 0 Å². The van der Waals surface area contributed by atoms with E-state index >= 15 is 0 Å². The molecule has 114 valence electrons. The molecule has 2 N–H and O–H groups in total. The van der Waals surface area contributed by atoms with Gasteiger partial charge in [0, 0.05) is 49.5 Å². The summed E-state index contributed by atoms with van der Waals surface area (Å²) < 4.78 is 7.82. The van der Waals surface area contributed by atoms with Gasteiger partial charge in [-0.1, -0.05) is 12.1 Å². The van der Waals surface area contributed by atoms with Crippen LogP contribution in [0, 0.1) is 0 Å². The Morgan fingerprint density at radius 1 is 1.36 bits per heavy atom. The first-order valence-electron chi connectivity index (χ1n) is 7.71. The van der Waals surface area contributed by atoms with Gasteiger partial charge in [-0.05, 0) is 30.2 Å². The fraction of sp³-hybridized carbons (Fsp3) is 0.353. The average molecular weight is 296 g/mol. The van der Waals surface area contributed by atoms with Crippen LogP contribution in [0.1, 0.15) is 23.8 Å². The lowest BCUT2D eigenvalue weighted by Gasteiger charge is -2.20. The second kappa shape index (κ2) is 5.59. The highest BCUT2D eigenvalue weighted by molar-refractivity contribution is 5.82. The molecule has 1 fully saturated rings. The van der Waals surface area contributed by atoms with Crippen LogP contribution in [-0.4, -0.2) is 27.4 Å². The first-order valence-corrected chi connectivity index (χ1v) is 7.71. The average Bonchev–Trinajstić information content (AvgIpc) is 3.24. The largest absolute Gasteiger partial charge is 0.370 e. The van der Waals surface area contributed by atoms with Crippen LogP contribution in [0.5, 0.6) is 0 Å². The van der Waals surface area contributed by atoms with Crippen molar-refractivity contribution in [3.63, 3.8) is 0 Å². The van der Waals surface area contributed by atoms with Gasteiger partial charge in [-0.2, -0.15) is 5.10 Å². The summed E-state index contributed by atoms with van der Waals surface area (Å²) in [5, 5.41) is 9.20. The van der Waals surface area contributed by atoms with Crippen molar-refractivity contribution in [1.29, 1.82) is 0 Å². The van der Waals surface area contributed by atoms with E-state index in [1.807, 2.05) is 30.2 Å². The molecule has 0 amide bonds. The Balaban J connectivity index is 1.51. The summed E-state index contributed by atoms with van der Waals surface area (Å²) in [6.45, 7) is 1.64. The zero-order chi connectivity index (χ0) is 14.9. The number of H-pyrrole nitrogens is 1. The van der Waals surface area contributed by atoms with Crippen molar-refractivity contribution < 1.29 is 4.74 Å². The Morgan fingerprint density at radius 2 is 2.32 bits per heavy atom. The minimum absolute atomic E-state index is 0.0814. The lowest BCUT2D eigenvalue weighted by atomic mass is 10.1. The minimum atomic E-state index is 0.0814. The maximum absolute atomic E-state index is 5.92. The monoisotopic (exact) mass is 296 g/mol. The van der Waals surface area contributed by atoms with E-state index in [1.54, 1.807) is 0 Å².